The third-order valence-corrected chi connectivity index (χ3v) is 2.88. The lowest BCUT2D eigenvalue weighted by molar-refractivity contribution is 0.308. The van der Waals surface area contributed by atoms with Crippen LogP contribution < -0.4 is 10.5 Å². The van der Waals surface area contributed by atoms with E-state index >= 15 is 0 Å². The maximum absolute atomic E-state index is 13.5. The van der Waals surface area contributed by atoms with E-state index in [4.69, 9.17) is 10.5 Å². The van der Waals surface area contributed by atoms with Gasteiger partial charge < -0.3 is 10.5 Å². The zero-order chi connectivity index (χ0) is 13.8. The van der Waals surface area contributed by atoms with E-state index in [1.165, 1.54) is 0 Å². The van der Waals surface area contributed by atoms with Gasteiger partial charge in [0.1, 0.15) is 11.6 Å². The Hall–Kier alpha value is -1.96. The van der Waals surface area contributed by atoms with Gasteiger partial charge in [-0.2, -0.15) is 15.0 Å². The molecule has 0 radical (unpaired) electrons. The van der Waals surface area contributed by atoms with Crippen molar-refractivity contribution in [2.75, 3.05) is 12.3 Å². The van der Waals surface area contributed by atoms with Crippen molar-refractivity contribution in [1.29, 1.82) is 0 Å². The van der Waals surface area contributed by atoms with Crippen molar-refractivity contribution in [2.45, 2.75) is 17.0 Å². The molecular weight excluding hydrogens is 274 g/mol. The Labute approximate surface area is 112 Å². The van der Waals surface area contributed by atoms with Crippen molar-refractivity contribution < 1.29 is 13.5 Å². The largest absolute Gasteiger partial charge is 0.464 e. The summed E-state index contributed by atoms with van der Waals surface area (Å²) in [5.74, 6) is -1.16. The Morgan fingerprint density at radius 2 is 2.05 bits per heavy atom. The van der Waals surface area contributed by atoms with Crippen LogP contribution in [0.25, 0.3) is 0 Å². The van der Waals surface area contributed by atoms with Crippen LogP contribution in [0.5, 0.6) is 6.01 Å². The van der Waals surface area contributed by atoms with Gasteiger partial charge in [0, 0.05) is 0 Å². The molecule has 1 aromatic heterocycles. The zero-order valence-electron chi connectivity index (χ0n) is 9.93. The average Bonchev–Trinajstić information content (AvgIpc) is 2.33. The molecule has 2 aromatic rings. The minimum atomic E-state index is -0.566. The number of nitrogen functional groups attached to an aromatic ring is 1. The van der Waals surface area contributed by atoms with Crippen LogP contribution in [0.15, 0.2) is 28.3 Å². The summed E-state index contributed by atoms with van der Waals surface area (Å²) >= 11 is 0.845. The molecule has 0 saturated heterocycles. The van der Waals surface area contributed by atoms with Crippen molar-refractivity contribution in [1.82, 2.24) is 15.0 Å². The predicted octanol–water partition coefficient (Wildman–Crippen LogP) is 2.28. The number of hydrogen-bond acceptors (Lipinski definition) is 6. The number of anilines is 1. The molecule has 19 heavy (non-hydrogen) atoms. The Bertz CT molecular complexity index is 597. The minimum absolute atomic E-state index is 0.0437. The topological polar surface area (TPSA) is 73.9 Å². The second-order valence-corrected chi connectivity index (χ2v) is 4.38. The maximum atomic E-state index is 13.5. The van der Waals surface area contributed by atoms with E-state index in [0.29, 0.717) is 6.61 Å². The summed E-state index contributed by atoms with van der Waals surface area (Å²) in [4.78, 5) is 11.6. The molecule has 0 saturated carbocycles. The Balaban J connectivity index is 2.29. The van der Waals surface area contributed by atoms with E-state index in [2.05, 4.69) is 15.0 Å². The first-order valence-corrected chi connectivity index (χ1v) is 6.17. The molecule has 0 unspecified atom stereocenters. The van der Waals surface area contributed by atoms with Crippen molar-refractivity contribution in [3.63, 3.8) is 0 Å². The number of nitrogens with two attached hydrogens (primary N) is 1. The van der Waals surface area contributed by atoms with E-state index in [1.807, 2.05) is 0 Å². The van der Waals surface area contributed by atoms with Gasteiger partial charge in [-0.3, -0.25) is 0 Å². The van der Waals surface area contributed by atoms with E-state index in [0.717, 1.165) is 30.0 Å². The first kappa shape index (κ1) is 13.5. The molecule has 0 aliphatic carbocycles. The van der Waals surface area contributed by atoms with Crippen LogP contribution in [0.2, 0.25) is 0 Å². The highest BCUT2D eigenvalue weighted by Crippen LogP contribution is 2.28. The molecule has 0 spiro atoms. The minimum Gasteiger partial charge on any atom is -0.464 e. The number of aromatic nitrogens is 3. The Kier molecular flexibility index (Phi) is 4.10. The van der Waals surface area contributed by atoms with Crippen LogP contribution in [0.4, 0.5) is 14.7 Å². The fraction of sp³-hybridized carbons (Fsp3) is 0.182. The molecular formula is C11H10F2N4OS. The van der Waals surface area contributed by atoms with Crippen molar-refractivity contribution in [3.05, 3.63) is 29.8 Å². The fourth-order valence-corrected chi connectivity index (χ4v) is 2.04. The van der Waals surface area contributed by atoms with Gasteiger partial charge in [-0.15, -0.1) is 0 Å². The van der Waals surface area contributed by atoms with E-state index in [-0.39, 0.29) is 22.0 Å². The molecule has 1 aromatic carbocycles. The number of hydrogen-bond donors (Lipinski definition) is 1. The number of rotatable bonds is 4. The van der Waals surface area contributed by atoms with Gasteiger partial charge in [-0.25, -0.2) is 8.78 Å². The molecule has 1 heterocycles. The SMILES string of the molecule is CCOc1nc(N)nc(Sc2cc(F)ccc2F)n1. The van der Waals surface area contributed by atoms with Gasteiger partial charge in [-0.05, 0) is 36.9 Å². The first-order valence-electron chi connectivity index (χ1n) is 5.35. The van der Waals surface area contributed by atoms with E-state index in [1.54, 1.807) is 6.92 Å². The summed E-state index contributed by atoms with van der Waals surface area (Å²) in [6.07, 6.45) is 0. The zero-order valence-corrected chi connectivity index (χ0v) is 10.7. The average molecular weight is 284 g/mol. The molecule has 8 heteroatoms. The fourth-order valence-electron chi connectivity index (χ4n) is 1.25. The Morgan fingerprint density at radius 1 is 1.26 bits per heavy atom. The van der Waals surface area contributed by atoms with E-state index < -0.39 is 11.6 Å². The van der Waals surface area contributed by atoms with Gasteiger partial charge in [0.05, 0.1) is 11.5 Å². The van der Waals surface area contributed by atoms with Crippen LogP contribution in [-0.4, -0.2) is 21.6 Å². The molecule has 2 N–H and O–H groups in total. The first-order chi connectivity index (χ1) is 9.08. The summed E-state index contributed by atoms with van der Waals surface area (Å²) < 4.78 is 31.6. The highest BCUT2D eigenvalue weighted by Gasteiger charge is 2.11. The summed E-state index contributed by atoms with van der Waals surface area (Å²) in [7, 11) is 0. The summed E-state index contributed by atoms with van der Waals surface area (Å²) in [5, 5.41) is 0.139. The third-order valence-electron chi connectivity index (χ3n) is 1.98. The maximum Gasteiger partial charge on any atom is 0.322 e. The number of benzene rings is 1. The van der Waals surface area contributed by atoms with Gasteiger partial charge in [-0.1, -0.05) is 0 Å². The van der Waals surface area contributed by atoms with E-state index in [9.17, 15) is 8.78 Å². The molecule has 0 aliphatic heterocycles. The normalized spacial score (nSPS) is 10.5. The summed E-state index contributed by atoms with van der Waals surface area (Å²) in [6, 6.07) is 3.17. The number of ether oxygens (including phenoxy) is 1. The van der Waals surface area contributed by atoms with Crippen LogP contribution in [0.3, 0.4) is 0 Å². The second-order valence-electron chi connectivity index (χ2n) is 3.37. The smallest absolute Gasteiger partial charge is 0.322 e. The molecule has 2 rings (SSSR count). The standard InChI is InChI=1S/C11H10F2N4OS/c1-2-18-10-15-9(14)16-11(17-10)19-8-5-6(12)3-4-7(8)13/h3-5H,2H2,1H3,(H2,14,15,16,17). The van der Waals surface area contributed by atoms with Crippen LogP contribution in [-0.2, 0) is 0 Å². The lowest BCUT2D eigenvalue weighted by Gasteiger charge is -2.05. The predicted molar refractivity (Wildman–Crippen MR) is 65.9 cm³/mol. The Morgan fingerprint density at radius 3 is 2.79 bits per heavy atom. The lowest BCUT2D eigenvalue weighted by Crippen LogP contribution is -2.04. The molecule has 5 nitrogen and oxygen atoms in total. The number of nitrogens with zero attached hydrogens (tertiary/aromatic N) is 3. The van der Waals surface area contributed by atoms with Crippen molar-refractivity contribution in [2.24, 2.45) is 0 Å². The monoisotopic (exact) mass is 284 g/mol. The molecule has 100 valence electrons. The lowest BCUT2D eigenvalue weighted by atomic mass is 10.3. The molecule has 0 amide bonds. The quantitative estimate of drug-likeness (QED) is 0.928. The molecule has 0 atom stereocenters. The summed E-state index contributed by atoms with van der Waals surface area (Å²) in [5.41, 5.74) is 5.49. The van der Waals surface area contributed by atoms with Crippen molar-refractivity contribution >= 4 is 17.7 Å². The van der Waals surface area contributed by atoms with Gasteiger partial charge >= 0.3 is 6.01 Å². The highest BCUT2D eigenvalue weighted by molar-refractivity contribution is 7.99. The molecule has 0 bridgehead atoms. The van der Waals surface area contributed by atoms with Crippen molar-refractivity contribution in [3.8, 4) is 6.01 Å². The molecule has 0 aliphatic rings. The second kappa shape index (κ2) is 5.79. The third kappa shape index (κ3) is 3.50. The van der Waals surface area contributed by atoms with Crippen LogP contribution >= 0.6 is 11.8 Å². The molecule has 0 fully saturated rings. The van der Waals surface area contributed by atoms with Crippen LogP contribution in [0.1, 0.15) is 6.92 Å². The van der Waals surface area contributed by atoms with Crippen LogP contribution in [0, 0.1) is 11.6 Å². The number of halogens is 2. The van der Waals surface area contributed by atoms with Gasteiger partial charge in [0.25, 0.3) is 0 Å². The van der Waals surface area contributed by atoms with Gasteiger partial charge in [0.2, 0.25) is 11.1 Å². The highest BCUT2D eigenvalue weighted by atomic mass is 32.2. The van der Waals surface area contributed by atoms with Gasteiger partial charge in [0.15, 0.2) is 0 Å². The summed E-state index contributed by atoms with van der Waals surface area (Å²) in [6.45, 7) is 2.13.